The van der Waals surface area contributed by atoms with Crippen LogP contribution >= 0.6 is 0 Å². The molecule has 0 bridgehead atoms. The number of alkyl halides is 3. The molecule has 0 aliphatic carbocycles. The predicted molar refractivity (Wildman–Crippen MR) is 116 cm³/mol. The van der Waals surface area contributed by atoms with Gasteiger partial charge >= 0.3 is 6.18 Å². The Hall–Kier alpha value is -3.47. The van der Waals surface area contributed by atoms with Crippen molar-refractivity contribution in [2.24, 2.45) is 0 Å². The van der Waals surface area contributed by atoms with E-state index in [4.69, 9.17) is 5.73 Å². The lowest BCUT2D eigenvalue weighted by Gasteiger charge is -2.26. The van der Waals surface area contributed by atoms with Crippen molar-refractivity contribution in [3.05, 3.63) is 96.2 Å². The number of benzene rings is 4. The van der Waals surface area contributed by atoms with Gasteiger partial charge in [0.15, 0.2) is 0 Å². The Morgan fingerprint density at radius 1 is 0.800 bits per heavy atom. The highest BCUT2D eigenvalue weighted by molar-refractivity contribution is 6.07. The van der Waals surface area contributed by atoms with E-state index < -0.39 is 17.8 Å². The van der Waals surface area contributed by atoms with E-state index in [1.54, 1.807) is 29.2 Å². The minimum Gasteiger partial charge on any atom is -0.399 e. The predicted octanol–water partition coefficient (Wildman–Crippen LogP) is 6.97. The topological polar surface area (TPSA) is 29.3 Å². The summed E-state index contributed by atoms with van der Waals surface area (Å²) in [5.74, 6) is 0. The molecule has 1 atom stereocenters. The zero-order valence-corrected chi connectivity index (χ0v) is 16.0. The van der Waals surface area contributed by atoms with Gasteiger partial charge in [0.1, 0.15) is 0 Å². The van der Waals surface area contributed by atoms with E-state index in [1.165, 1.54) is 6.20 Å². The normalized spacial score (nSPS) is 17.0. The zero-order valence-electron chi connectivity index (χ0n) is 16.0. The van der Waals surface area contributed by atoms with Crippen molar-refractivity contribution >= 4 is 32.9 Å². The van der Waals surface area contributed by atoms with E-state index in [2.05, 4.69) is 6.07 Å². The zero-order chi connectivity index (χ0) is 20.9. The van der Waals surface area contributed by atoms with E-state index >= 15 is 0 Å². The smallest absolute Gasteiger partial charge is 0.399 e. The van der Waals surface area contributed by atoms with Gasteiger partial charge in [-0.25, -0.2) is 0 Å². The van der Waals surface area contributed by atoms with Crippen LogP contribution in [0.2, 0.25) is 0 Å². The van der Waals surface area contributed by atoms with E-state index in [9.17, 15) is 13.2 Å². The van der Waals surface area contributed by atoms with Gasteiger partial charge in [-0.2, -0.15) is 13.2 Å². The molecule has 1 aliphatic heterocycles. The minimum absolute atomic E-state index is 0.0931. The lowest BCUT2D eigenvalue weighted by Crippen LogP contribution is -2.18. The number of nitrogens with zero attached hydrogens (tertiary/aromatic N) is 1. The van der Waals surface area contributed by atoms with Crippen molar-refractivity contribution in [3.8, 4) is 0 Å². The second-order valence-corrected chi connectivity index (χ2v) is 7.64. The third-order valence-electron chi connectivity index (χ3n) is 5.75. The van der Waals surface area contributed by atoms with Gasteiger partial charge in [0.25, 0.3) is 0 Å². The van der Waals surface area contributed by atoms with Gasteiger partial charge in [-0.1, -0.05) is 48.5 Å². The molecule has 1 aliphatic rings. The summed E-state index contributed by atoms with van der Waals surface area (Å²) >= 11 is 0. The fourth-order valence-corrected chi connectivity index (χ4v) is 4.21. The maximum Gasteiger partial charge on any atom is 0.414 e. The molecule has 0 fully saturated rings. The summed E-state index contributed by atoms with van der Waals surface area (Å²) in [5.41, 5.74) is 7.36. The van der Waals surface area contributed by atoms with Crippen LogP contribution in [-0.2, 0) is 0 Å². The molecule has 2 nitrogen and oxygen atoms in total. The summed E-state index contributed by atoms with van der Waals surface area (Å²) in [7, 11) is 0. The van der Waals surface area contributed by atoms with Crippen LogP contribution < -0.4 is 10.6 Å². The first-order valence-corrected chi connectivity index (χ1v) is 9.73. The van der Waals surface area contributed by atoms with Gasteiger partial charge in [0.05, 0.1) is 11.6 Å². The van der Waals surface area contributed by atoms with Crippen LogP contribution in [-0.4, -0.2) is 6.18 Å². The molecule has 150 valence electrons. The largest absolute Gasteiger partial charge is 0.414 e. The monoisotopic (exact) mass is 404 g/mol. The van der Waals surface area contributed by atoms with Crippen LogP contribution in [0.25, 0.3) is 21.5 Å². The Morgan fingerprint density at radius 3 is 2.20 bits per heavy atom. The van der Waals surface area contributed by atoms with Gasteiger partial charge < -0.3 is 10.6 Å². The lowest BCUT2D eigenvalue weighted by atomic mass is 9.95. The van der Waals surface area contributed by atoms with Gasteiger partial charge in [0, 0.05) is 24.0 Å². The SMILES string of the molecule is Nc1ccc(N2C=C(C(F)(F)F)CC2c2ccc3ccc4ccccc4c3c2)cc1. The molecule has 0 spiro atoms. The van der Waals surface area contributed by atoms with Gasteiger partial charge in [-0.15, -0.1) is 0 Å². The molecule has 0 saturated heterocycles. The highest BCUT2D eigenvalue weighted by atomic mass is 19.4. The average molecular weight is 404 g/mol. The van der Waals surface area contributed by atoms with Crippen molar-refractivity contribution in [3.63, 3.8) is 0 Å². The van der Waals surface area contributed by atoms with E-state index in [0.29, 0.717) is 11.4 Å². The van der Waals surface area contributed by atoms with Gasteiger partial charge in [0.2, 0.25) is 0 Å². The standard InChI is InChI=1S/C25H19F3N2/c26-25(27,28)19-14-24(30(15-19)21-11-9-20(29)10-12-21)18-8-7-17-6-5-16-3-1-2-4-22(16)23(17)13-18/h1-13,15,24H,14,29H2. The second kappa shape index (κ2) is 6.80. The second-order valence-electron chi connectivity index (χ2n) is 7.64. The number of fused-ring (bicyclic) bond motifs is 3. The van der Waals surface area contributed by atoms with Gasteiger partial charge in [-0.05, 0) is 57.4 Å². The van der Waals surface area contributed by atoms with Crippen molar-refractivity contribution in [1.29, 1.82) is 0 Å². The number of rotatable bonds is 2. The Kier molecular flexibility index (Phi) is 4.21. The van der Waals surface area contributed by atoms with Crippen molar-refractivity contribution in [1.82, 2.24) is 0 Å². The molecule has 30 heavy (non-hydrogen) atoms. The van der Waals surface area contributed by atoms with E-state index in [0.717, 1.165) is 27.1 Å². The molecule has 4 aromatic rings. The van der Waals surface area contributed by atoms with E-state index in [1.807, 2.05) is 48.5 Å². The van der Waals surface area contributed by atoms with Crippen LogP contribution in [0.4, 0.5) is 24.5 Å². The number of nitrogens with two attached hydrogens (primary N) is 1. The quantitative estimate of drug-likeness (QED) is 0.289. The summed E-state index contributed by atoms with van der Waals surface area (Å²) in [6, 6.07) is 24.6. The summed E-state index contributed by atoms with van der Waals surface area (Å²) < 4.78 is 40.6. The number of hydrogen-bond donors (Lipinski definition) is 1. The molecule has 0 radical (unpaired) electrons. The number of anilines is 2. The van der Waals surface area contributed by atoms with Crippen LogP contribution in [0.15, 0.2) is 90.6 Å². The van der Waals surface area contributed by atoms with Crippen LogP contribution in [0.1, 0.15) is 18.0 Å². The maximum absolute atomic E-state index is 13.5. The summed E-state index contributed by atoms with van der Waals surface area (Å²) in [6.45, 7) is 0. The highest BCUT2D eigenvalue weighted by Crippen LogP contribution is 2.44. The summed E-state index contributed by atoms with van der Waals surface area (Å²) in [5, 5.41) is 4.32. The lowest BCUT2D eigenvalue weighted by molar-refractivity contribution is -0.0933. The molecule has 1 heterocycles. The fourth-order valence-electron chi connectivity index (χ4n) is 4.21. The fraction of sp³-hybridized carbons (Fsp3) is 0.120. The third-order valence-corrected chi connectivity index (χ3v) is 5.75. The first-order valence-electron chi connectivity index (χ1n) is 9.73. The van der Waals surface area contributed by atoms with Crippen molar-refractivity contribution in [2.45, 2.75) is 18.6 Å². The van der Waals surface area contributed by atoms with Crippen molar-refractivity contribution in [2.75, 3.05) is 10.6 Å². The molecular weight excluding hydrogens is 385 g/mol. The highest BCUT2D eigenvalue weighted by Gasteiger charge is 2.41. The van der Waals surface area contributed by atoms with Crippen LogP contribution in [0.5, 0.6) is 0 Å². The molecular formula is C25H19F3N2. The molecule has 0 amide bonds. The summed E-state index contributed by atoms with van der Waals surface area (Å²) in [6.07, 6.45) is -3.22. The number of hydrogen-bond acceptors (Lipinski definition) is 2. The summed E-state index contributed by atoms with van der Waals surface area (Å²) in [4.78, 5) is 1.70. The maximum atomic E-state index is 13.5. The Morgan fingerprint density at radius 2 is 1.47 bits per heavy atom. The van der Waals surface area contributed by atoms with Crippen LogP contribution in [0.3, 0.4) is 0 Å². The molecule has 4 aromatic carbocycles. The first kappa shape index (κ1) is 18.6. The molecule has 2 N–H and O–H groups in total. The molecule has 5 rings (SSSR count). The number of halogens is 3. The molecule has 0 saturated carbocycles. The minimum atomic E-state index is -4.36. The molecule has 1 unspecified atom stereocenters. The Labute approximate surface area is 172 Å². The molecule has 0 aromatic heterocycles. The number of nitrogen functional groups attached to an aromatic ring is 1. The Balaban J connectivity index is 1.64. The van der Waals surface area contributed by atoms with E-state index in [-0.39, 0.29) is 6.42 Å². The van der Waals surface area contributed by atoms with Gasteiger partial charge in [-0.3, -0.25) is 0 Å². The average Bonchev–Trinajstić information content (AvgIpc) is 3.20. The van der Waals surface area contributed by atoms with Crippen molar-refractivity contribution < 1.29 is 13.2 Å². The third kappa shape index (κ3) is 3.16. The van der Waals surface area contributed by atoms with Crippen LogP contribution in [0, 0.1) is 0 Å². The Bertz CT molecular complexity index is 1270. The first-order chi connectivity index (χ1) is 14.4. The molecule has 5 heteroatoms.